The summed E-state index contributed by atoms with van der Waals surface area (Å²) in [7, 11) is 0. The Hall–Kier alpha value is -8.00. The van der Waals surface area contributed by atoms with Crippen LogP contribution in [0.3, 0.4) is 0 Å². The van der Waals surface area contributed by atoms with E-state index in [1.165, 1.54) is 134 Å². The van der Waals surface area contributed by atoms with E-state index in [4.69, 9.17) is 0 Å². The van der Waals surface area contributed by atoms with Crippen molar-refractivity contribution >= 4 is 98.7 Å². The summed E-state index contributed by atoms with van der Waals surface area (Å²) in [4.78, 5) is 0. The first-order valence-electron chi connectivity index (χ1n) is 22.8. The molecule has 0 atom stereocenters. The average molecular weight is 901 g/mol. The monoisotopic (exact) mass is 901 g/mol. The van der Waals surface area contributed by atoms with Gasteiger partial charge in [-0.3, -0.25) is 0 Å². The van der Waals surface area contributed by atoms with Gasteiger partial charge in [-0.2, -0.15) is 0 Å². The predicted molar refractivity (Wildman–Crippen MR) is 285 cm³/mol. The van der Waals surface area contributed by atoms with Crippen molar-refractivity contribution in [3.8, 4) is 50.2 Å². The van der Waals surface area contributed by atoms with Crippen LogP contribution in [0.5, 0.6) is 0 Å². The van der Waals surface area contributed by atoms with Crippen molar-refractivity contribution < 1.29 is 0 Å². The number of para-hydroxylation sites is 2. The fraction of sp³-hybridized carbons (Fsp3) is 0. The van der Waals surface area contributed by atoms with Crippen molar-refractivity contribution in [3.63, 3.8) is 0 Å². The number of fused-ring (bicyclic) bond motifs is 10. The van der Waals surface area contributed by atoms with E-state index in [2.05, 4.69) is 241 Å². The normalized spacial score (nSPS) is 11.9. The van der Waals surface area contributed by atoms with Crippen LogP contribution in [0.1, 0.15) is 0 Å². The van der Waals surface area contributed by atoms with Crippen molar-refractivity contribution in [2.24, 2.45) is 0 Å². The van der Waals surface area contributed by atoms with Gasteiger partial charge in [0.1, 0.15) is 0 Å². The van der Waals surface area contributed by atoms with Gasteiger partial charge in [0.15, 0.2) is 0 Å². The molecule has 0 radical (unpaired) electrons. The van der Waals surface area contributed by atoms with Crippen molar-refractivity contribution in [2.45, 2.75) is 0 Å². The molecule has 0 aliphatic rings. The third kappa shape index (κ3) is 5.47. The Labute approximate surface area is 387 Å². The van der Waals surface area contributed by atoms with Crippen LogP contribution in [0.15, 0.2) is 237 Å². The van der Waals surface area contributed by atoms with E-state index in [9.17, 15) is 0 Å². The molecule has 0 saturated carbocycles. The summed E-state index contributed by atoms with van der Waals surface area (Å²) in [5.41, 5.74) is 13.8. The molecule has 14 rings (SSSR count). The third-order valence-corrected chi connectivity index (χ3v) is 16.3. The van der Waals surface area contributed by atoms with Gasteiger partial charge in [-0.15, -0.1) is 0 Å². The Morgan fingerprint density at radius 2 is 0.697 bits per heavy atom. The Bertz CT molecular complexity index is 4160. The number of nitrogens with zero attached hydrogens (tertiary/aromatic N) is 1. The molecular formula is C64H39NSe. The van der Waals surface area contributed by atoms with Gasteiger partial charge in [0.2, 0.25) is 0 Å². The molecule has 2 aromatic heterocycles. The Morgan fingerprint density at radius 1 is 0.258 bits per heavy atom. The number of rotatable bonds is 5. The Kier molecular flexibility index (Phi) is 8.37. The molecule has 12 aromatic carbocycles. The molecule has 0 unspecified atom stereocenters. The minimum atomic E-state index is 0.175. The zero-order chi connectivity index (χ0) is 43.3. The van der Waals surface area contributed by atoms with E-state index in [-0.39, 0.29) is 14.5 Å². The second kappa shape index (κ2) is 14.8. The molecule has 66 heavy (non-hydrogen) atoms. The summed E-state index contributed by atoms with van der Waals surface area (Å²) >= 11 is 0.175. The number of aromatic nitrogens is 1. The van der Waals surface area contributed by atoms with Gasteiger partial charge in [0.05, 0.1) is 0 Å². The van der Waals surface area contributed by atoms with Crippen LogP contribution in [0.4, 0.5) is 0 Å². The molecule has 2 heterocycles. The first-order chi connectivity index (χ1) is 32.8. The van der Waals surface area contributed by atoms with Gasteiger partial charge in [-0.05, 0) is 12.1 Å². The molecule has 0 spiro atoms. The molecule has 2 heteroatoms. The van der Waals surface area contributed by atoms with Gasteiger partial charge in [0, 0.05) is 0 Å². The molecule has 0 amide bonds. The standard InChI is InChI=1S/C64H39NSe/c1-3-19-40(20-4-1)59-43-23-7-9-25-45(43)60(46-26-10-8-24-44(46)59)41-37-38-57-54(39-41)64-53(33-18-36-58(64)66-57)62-49-29-13-11-27-47(49)61(48-28-12-14-30-50(48)62)52-32-17-35-56-63(52)51-31-15-16-34-55(51)65(56)42-21-5-2-6-22-42/h1-39H. The molecule has 0 bridgehead atoms. The van der Waals surface area contributed by atoms with Crippen LogP contribution in [-0.4, -0.2) is 19.1 Å². The van der Waals surface area contributed by atoms with Crippen molar-refractivity contribution in [3.05, 3.63) is 237 Å². The topological polar surface area (TPSA) is 4.93 Å². The first-order valence-corrected chi connectivity index (χ1v) is 24.5. The van der Waals surface area contributed by atoms with E-state index < -0.39 is 0 Å². The van der Waals surface area contributed by atoms with E-state index in [1.807, 2.05) is 0 Å². The predicted octanol–water partition coefficient (Wildman–Crippen LogP) is 17.4. The van der Waals surface area contributed by atoms with Gasteiger partial charge in [-0.25, -0.2) is 0 Å². The van der Waals surface area contributed by atoms with E-state index in [0.717, 1.165) is 0 Å². The summed E-state index contributed by atoms with van der Waals surface area (Å²) in [6, 6.07) is 88.1. The van der Waals surface area contributed by atoms with Crippen LogP contribution in [-0.2, 0) is 0 Å². The van der Waals surface area contributed by atoms with Crippen LogP contribution in [0, 0.1) is 0 Å². The van der Waals surface area contributed by atoms with Gasteiger partial charge in [0.25, 0.3) is 0 Å². The van der Waals surface area contributed by atoms with Crippen molar-refractivity contribution in [2.75, 3.05) is 0 Å². The Balaban J connectivity index is 1.05. The first kappa shape index (κ1) is 37.4. The van der Waals surface area contributed by atoms with Gasteiger partial charge < -0.3 is 0 Å². The number of hydrogen-bond acceptors (Lipinski definition) is 0. The summed E-state index contributed by atoms with van der Waals surface area (Å²) in [6.07, 6.45) is 0. The van der Waals surface area contributed by atoms with E-state index >= 15 is 0 Å². The van der Waals surface area contributed by atoms with Crippen LogP contribution in [0.2, 0.25) is 0 Å². The minimum absolute atomic E-state index is 0.175. The summed E-state index contributed by atoms with van der Waals surface area (Å²) < 4.78 is 5.31. The van der Waals surface area contributed by atoms with Crippen LogP contribution >= 0.6 is 0 Å². The maximum atomic E-state index is 2.52. The average Bonchev–Trinajstić information content (AvgIpc) is 3.94. The summed E-state index contributed by atoms with van der Waals surface area (Å²) in [5, 5.41) is 15.5. The fourth-order valence-electron chi connectivity index (χ4n) is 11.3. The van der Waals surface area contributed by atoms with Crippen molar-refractivity contribution in [1.29, 1.82) is 0 Å². The molecule has 0 fully saturated rings. The van der Waals surface area contributed by atoms with Gasteiger partial charge in [-0.1, -0.05) is 24.3 Å². The van der Waals surface area contributed by atoms with Crippen LogP contribution in [0.25, 0.3) is 134 Å². The number of hydrogen-bond donors (Lipinski definition) is 0. The molecule has 0 aliphatic heterocycles. The maximum absolute atomic E-state index is 2.52. The summed E-state index contributed by atoms with van der Waals surface area (Å²) in [5.74, 6) is 0. The number of benzene rings is 12. The third-order valence-electron chi connectivity index (χ3n) is 14.0. The SMILES string of the molecule is c1ccc(-c2c3ccccc3c(-c3ccc4[se]c5cccc(-c6c7ccccc7c(-c7cccc8c7c7ccccc7n8-c7ccccc7)c7ccccc67)c5c4c3)c3ccccc23)cc1. The quantitative estimate of drug-likeness (QED) is 0.120. The molecule has 1 nitrogen and oxygen atoms in total. The van der Waals surface area contributed by atoms with Gasteiger partial charge >= 0.3 is 354 Å². The second-order valence-electron chi connectivity index (χ2n) is 17.4. The zero-order valence-corrected chi connectivity index (χ0v) is 37.6. The van der Waals surface area contributed by atoms with E-state index in [1.54, 1.807) is 0 Å². The second-order valence-corrected chi connectivity index (χ2v) is 19.7. The molecule has 0 N–H and O–H groups in total. The molecule has 0 aliphatic carbocycles. The van der Waals surface area contributed by atoms with Crippen molar-refractivity contribution in [1.82, 2.24) is 4.57 Å². The molecule has 306 valence electrons. The fourth-order valence-corrected chi connectivity index (χ4v) is 13.7. The summed E-state index contributed by atoms with van der Waals surface area (Å²) in [6.45, 7) is 0. The molecular weight excluding hydrogens is 862 g/mol. The van der Waals surface area contributed by atoms with E-state index in [0.29, 0.717) is 0 Å². The zero-order valence-electron chi connectivity index (χ0n) is 35.9. The Morgan fingerprint density at radius 3 is 1.27 bits per heavy atom. The van der Waals surface area contributed by atoms with Crippen LogP contribution < -0.4 is 0 Å². The molecule has 0 saturated heterocycles. The molecule has 14 aromatic rings.